The molecule has 0 unspecified atom stereocenters. The number of aryl methyl sites for hydroxylation is 1. The van der Waals surface area contributed by atoms with Crippen LogP contribution in [0.25, 0.3) is 5.82 Å². The highest BCUT2D eigenvalue weighted by atomic mass is 16.2. The van der Waals surface area contributed by atoms with Crippen LogP contribution in [-0.4, -0.2) is 41.9 Å². The summed E-state index contributed by atoms with van der Waals surface area (Å²) in [6.45, 7) is 2.64. The molecule has 126 valence electrons. The highest BCUT2D eigenvalue weighted by molar-refractivity contribution is 5.92. The van der Waals surface area contributed by atoms with Gasteiger partial charge in [-0.2, -0.15) is 0 Å². The molecule has 1 fully saturated rings. The van der Waals surface area contributed by atoms with Crippen LogP contribution in [0.15, 0.2) is 49.2 Å². The zero-order valence-corrected chi connectivity index (χ0v) is 13.9. The molecule has 1 atom stereocenters. The molecular formula is C18H18N6O. The van der Waals surface area contributed by atoms with Gasteiger partial charge >= 0.3 is 0 Å². The van der Waals surface area contributed by atoms with Gasteiger partial charge in [0.15, 0.2) is 0 Å². The summed E-state index contributed by atoms with van der Waals surface area (Å²) >= 11 is 0. The van der Waals surface area contributed by atoms with Crippen molar-refractivity contribution in [3.05, 3.63) is 66.4 Å². The summed E-state index contributed by atoms with van der Waals surface area (Å²) in [5, 5.41) is 0. The van der Waals surface area contributed by atoms with Crippen molar-refractivity contribution >= 4 is 5.91 Å². The number of hydrogen-bond donors (Lipinski definition) is 0. The van der Waals surface area contributed by atoms with E-state index in [4.69, 9.17) is 4.98 Å². The van der Waals surface area contributed by atoms with Gasteiger partial charge in [-0.1, -0.05) is 6.07 Å². The van der Waals surface area contributed by atoms with Crippen molar-refractivity contribution in [1.82, 2.24) is 29.4 Å². The second kappa shape index (κ2) is 6.43. The molecular weight excluding hydrogens is 316 g/mol. The number of carbonyl (C=O) groups excluding carboxylic acids is 1. The Labute approximate surface area is 145 Å². The second-order valence-electron chi connectivity index (χ2n) is 6.01. The van der Waals surface area contributed by atoms with Crippen LogP contribution in [0.3, 0.4) is 0 Å². The Morgan fingerprint density at radius 1 is 1.20 bits per heavy atom. The Bertz CT molecular complexity index is 891. The Balaban J connectivity index is 1.65. The van der Waals surface area contributed by atoms with Crippen LogP contribution in [0.4, 0.5) is 0 Å². The van der Waals surface area contributed by atoms with E-state index < -0.39 is 0 Å². The van der Waals surface area contributed by atoms with Gasteiger partial charge in [0.2, 0.25) is 0 Å². The molecule has 0 radical (unpaired) electrons. The third kappa shape index (κ3) is 2.88. The predicted molar refractivity (Wildman–Crippen MR) is 91.1 cm³/mol. The van der Waals surface area contributed by atoms with E-state index >= 15 is 0 Å². The van der Waals surface area contributed by atoms with Crippen LogP contribution in [-0.2, 0) is 0 Å². The molecule has 1 aliphatic heterocycles. The van der Waals surface area contributed by atoms with E-state index in [-0.39, 0.29) is 11.9 Å². The van der Waals surface area contributed by atoms with Crippen LogP contribution in [0.1, 0.15) is 40.9 Å². The number of nitrogens with zero attached hydrogens (tertiary/aromatic N) is 6. The lowest BCUT2D eigenvalue weighted by Gasteiger charge is -2.24. The standard InChI is InChI=1S/C18H18N6O/c1-13-20-9-11-23(13)17-6-2-4-14(22-17)16-5-3-10-24(16)18(25)15-12-19-7-8-21-15/h2,4,6-9,11-12,16H,3,5,10H2,1H3/t16-/m0/s1. The molecule has 0 N–H and O–H groups in total. The monoisotopic (exact) mass is 334 g/mol. The molecule has 7 nitrogen and oxygen atoms in total. The number of imidazole rings is 1. The molecule has 3 aromatic heterocycles. The molecule has 0 aliphatic carbocycles. The van der Waals surface area contributed by atoms with Gasteiger partial charge in [-0.25, -0.2) is 15.0 Å². The normalized spacial score (nSPS) is 17.0. The molecule has 0 aromatic carbocycles. The molecule has 7 heteroatoms. The third-order valence-corrected chi connectivity index (χ3v) is 4.47. The van der Waals surface area contributed by atoms with Crippen LogP contribution in [0, 0.1) is 6.92 Å². The maximum Gasteiger partial charge on any atom is 0.274 e. The van der Waals surface area contributed by atoms with Crippen molar-refractivity contribution in [2.45, 2.75) is 25.8 Å². The largest absolute Gasteiger partial charge is 0.329 e. The summed E-state index contributed by atoms with van der Waals surface area (Å²) in [7, 11) is 0. The first-order chi connectivity index (χ1) is 12.2. The van der Waals surface area contributed by atoms with Crippen molar-refractivity contribution in [2.75, 3.05) is 6.54 Å². The van der Waals surface area contributed by atoms with Gasteiger partial charge in [0.1, 0.15) is 17.3 Å². The zero-order chi connectivity index (χ0) is 17.2. The fraction of sp³-hybridized carbons (Fsp3) is 0.278. The summed E-state index contributed by atoms with van der Waals surface area (Å²) < 4.78 is 1.94. The highest BCUT2D eigenvalue weighted by Crippen LogP contribution is 2.32. The highest BCUT2D eigenvalue weighted by Gasteiger charge is 2.32. The van der Waals surface area contributed by atoms with Crippen LogP contribution in [0.2, 0.25) is 0 Å². The van der Waals surface area contributed by atoms with Crippen molar-refractivity contribution in [2.24, 2.45) is 0 Å². The van der Waals surface area contributed by atoms with Crippen molar-refractivity contribution in [1.29, 1.82) is 0 Å². The molecule has 0 spiro atoms. The summed E-state index contributed by atoms with van der Waals surface area (Å²) in [6.07, 6.45) is 10.1. The summed E-state index contributed by atoms with van der Waals surface area (Å²) in [4.78, 5) is 31.8. The van der Waals surface area contributed by atoms with E-state index in [1.165, 1.54) is 6.20 Å². The first-order valence-corrected chi connectivity index (χ1v) is 8.28. The lowest BCUT2D eigenvalue weighted by Crippen LogP contribution is -2.31. The van der Waals surface area contributed by atoms with E-state index in [1.807, 2.05) is 40.8 Å². The maximum absolute atomic E-state index is 12.8. The number of pyridine rings is 1. The molecule has 1 saturated heterocycles. The van der Waals surface area contributed by atoms with E-state index in [1.54, 1.807) is 18.6 Å². The number of carbonyl (C=O) groups is 1. The van der Waals surface area contributed by atoms with Crippen molar-refractivity contribution in [3.8, 4) is 5.82 Å². The summed E-state index contributed by atoms with van der Waals surface area (Å²) in [6, 6.07) is 5.85. The molecule has 3 aromatic rings. The van der Waals surface area contributed by atoms with Gasteiger partial charge in [-0.05, 0) is 31.9 Å². The molecule has 4 rings (SSSR count). The van der Waals surface area contributed by atoms with Gasteiger partial charge in [0, 0.05) is 31.3 Å². The number of amides is 1. The fourth-order valence-electron chi connectivity index (χ4n) is 3.25. The molecule has 0 saturated carbocycles. The number of aromatic nitrogens is 5. The molecule has 0 bridgehead atoms. The minimum absolute atomic E-state index is 0.0433. The maximum atomic E-state index is 12.8. The quantitative estimate of drug-likeness (QED) is 0.735. The molecule has 1 amide bonds. The van der Waals surface area contributed by atoms with E-state index in [9.17, 15) is 4.79 Å². The van der Waals surface area contributed by atoms with E-state index in [0.717, 1.165) is 30.2 Å². The number of hydrogen-bond acceptors (Lipinski definition) is 5. The molecule has 4 heterocycles. The van der Waals surface area contributed by atoms with Gasteiger partial charge in [0.05, 0.1) is 17.9 Å². The van der Waals surface area contributed by atoms with Gasteiger partial charge in [-0.15, -0.1) is 0 Å². The van der Waals surface area contributed by atoms with Crippen LogP contribution < -0.4 is 0 Å². The topological polar surface area (TPSA) is 76.8 Å². The predicted octanol–water partition coefficient (Wildman–Crippen LogP) is 2.34. The van der Waals surface area contributed by atoms with E-state index in [2.05, 4.69) is 15.0 Å². The average molecular weight is 334 g/mol. The lowest BCUT2D eigenvalue weighted by atomic mass is 10.1. The Hall–Kier alpha value is -3.09. The first-order valence-electron chi connectivity index (χ1n) is 8.28. The third-order valence-electron chi connectivity index (χ3n) is 4.47. The summed E-state index contributed by atoms with van der Waals surface area (Å²) in [5.41, 5.74) is 1.26. The molecule has 25 heavy (non-hydrogen) atoms. The second-order valence-corrected chi connectivity index (χ2v) is 6.01. The number of likely N-dealkylation sites (tertiary alicyclic amines) is 1. The van der Waals surface area contributed by atoms with E-state index in [0.29, 0.717) is 12.2 Å². The Kier molecular flexibility index (Phi) is 3.97. The van der Waals surface area contributed by atoms with Gasteiger partial charge in [0.25, 0.3) is 5.91 Å². The minimum Gasteiger partial charge on any atom is -0.329 e. The fourth-order valence-corrected chi connectivity index (χ4v) is 3.25. The van der Waals surface area contributed by atoms with Crippen LogP contribution >= 0.6 is 0 Å². The summed E-state index contributed by atoms with van der Waals surface area (Å²) in [5.74, 6) is 1.59. The number of rotatable bonds is 3. The molecule has 1 aliphatic rings. The Morgan fingerprint density at radius 2 is 2.12 bits per heavy atom. The van der Waals surface area contributed by atoms with Crippen molar-refractivity contribution in [3.63, 3.8) is 0 Å². The smallest absolute Gasteiger partial charge is 0.274 e. The minimum atomic E-state index is -0.0957. The van der Waals surface area contributed by atoms with Crippen LogP contribution in [0.5, 0.6) is 0 Å². The SMILES string of the molecule is Cc1nccn1-c1cccc([C@@H]2CCCN2C(=O)c2cnccn2)n1. The van der Waals surface area contributed by atoms with Gasteiger partial charge in [-0.3, -0.25) is 14.3 Å². The Morgan fingerprint density at radius 3 is 2.88 bits per heavy atom. The average Bonchev–Trinajstić information content (AvgIpc) is 3.31. The van der Waals surface area contributed by atoms with Gasteiger partial charge < -0.3 is 4.90 Å². The first kappa shape index (κ1) is 15.4. The van der Waals surface area contributed by atoms with Crippen molar-refractivity contribution < 1.29 is 4.79 Å². The zero-order valence-electron chi connectivity index (χ0n) is 13.9. The lowest BCUT2D eigenvalue weighted by molar-refractivity contribution is 0.0726.